The van der Waals surface area contributed by atoms with Crippen molar-refractivity contribution in [3.8, 4) is 5.75 Å². The summed E-state index contributed by atoms with van der Waals surface area (Å²) in [5, 5.41) is 5.74. The highest BCUT2D eigenvalue weighted by molar-refractivity contribution is 9.10. The fourth-order valence-corrected chi connectivity index (χ4v) is 1.57. The van der Waals surface area contributed by atoms with E-state index in [-0.39, 0.29) is 5.91 Å². The number of hydrogen-bond acceptors (Lipinski definition) is 3. The molecule has 16 heavy (non-hydrogen) atoms. The van der Waals surface area contributed by atoms with E-state index in [0.29, 0.717) is 18.0 Å². The van der Waals surface area contributed by atoms with Crippen LogP contribution in [-0.2, 0) is 4.79 Å². The number of carbonyl (C=O) groups is 1. The molecule has 0 spiro atoms. The lowest BCUT2D eigenvalue weighted by Crippen LogP contribution is -2.27. The fraction of sp³-hybridized carbons (Fsp3) is 0.364. The Labute approximate surface area is 103 Å². The van der Waals surface area contributed by atoms with Crippen LogP contribution in [0.4, 0.5) is 5.69 Å². The minimum atomic E-state index is -0.0850. The first-order valence-electron chi connectivity index (χ1n) is 5.01. The molecule has 0 aliphatic rings. The van der Waals surface area contributed by atoms with Crippen molar-refractivity contribution < 1.29 is 9.53 Å². The molecule has 5 heteroatoms. The van der Waals surface area contributed by atoms with E-state index in [2.05, 4.69) is 26.6 Å². The molecule has 0 saturated heterocycles. The number of halogens is 1. The Hall–Kier alpha value is -1.07. The number of rotatable bonds is 5. The Morgan fingerprint density at radius 3 is 2.88 bits per heavy atom. The van der Waals surface area contributed by atoms with Gasteiger partial charge in [0.2, 0.25) is 5.91 Å². The predicted molar refractivity (Wildman–Crippen MR) is 67.9 cm³/mol. The monoisotopic (exact) mass is 286 g/mol. The maximum Gasteiger partial charge on any atom is 0.238 e. The summed E-state index contributed by atoms with van der Waals surface area (Å²) < 4.78 is 6.05. The first-order valence-corrected chi connectivity index (χ1v) is 5.80. The number of hydrogen-bond donors (Lipinski definition) is 2. The van der Waals surface area contributed by atoms with E-state index >= 15 is 0 Å². The van der Waals surface area contributed by atoms with Gasteiger partial charge in [0.1, 0.15) is 5.75 Å². The predicted octanol–water partition coefficient (Wildman–Crippen LogP) is 2.01. The molecule has 0 aliphatic heterocycles. The summed E-state index contributed by atoms with van der Waals surface area (Å²) in [6.07, 6.45) is 0. The van der Waals surface area contributed by atoms with E-state index in [9.17, 15) is 4.79 Å². The van der Waals surface area contributed by atoms with E-state index in [1.807, 2.05) is 19.1 Å². The summed E-state index contributed by atoms with van der Waals surface area (Å²) in [5.41, 5.74) is 0.666. The van der Waals surface area contributed by atoms with E-state index in [1.54, 1.807) is 13.2 Å². The van der Waals surface area contributed by atoms with Crippen LogP contribution >= 0.6 is 15.9 Å². The SMILES string of the molecule is CCNCC(=O)Nc1cc(Br)ccc1OC. The lowest BCUT2D eigenvalue weighted by molar-refractivity contribution is -0.115. The maximum absolute atomic E-state index is 11.5. The van der Waals surface area contributed by atoms with E-state index in [4.69, 9.17) is 4.74 Å². The molecule has 4 nitrogen and oxygen atoms in total. The molecule has 2 N–H and O–H groups in total. The van der Waals surface area contributed by atoms with Crippen molar-refractivity contribution in [2.75, 3.05) is 25.5 Å². The van der Waals surface area contributed by atoms with Gasteiger partial charge in [-0.05, 0) is 24.7 Å². The molecule has 0 unspecified atom stereocenters. The van der Waals surface area contributed by atoms with Crippen LogP contribution in [0.15, 0.2) is 22.7 Å². The average Bonchev–Trinajstić information content (AvgIpc) is 2.27. The molecule has 0 heterocycles. The molecule has 0 aliphatic carbocycles. The van der Waals surface area contributed by atoms with E-state index in [1.165, 1.54) is 0 Å². The molecule has 0 bridgehead atoms. The second-order valence-electron chi connectivity index (χ2n) is 3.17. The molecule has 0 saturated carbocycles. The Bertz CT molecular complexity index is 369. The van der Waals surface area contributed by atoms with Crippen molar-refractivity contribution in [2.45, 2.75) is 6.92 Å². The Balaban J connectivity index is 2.71. The molecule has 1 aromatic carbocycles. The minimum absolute atomic E-state index is 0.0850. The zero-order valence-corrected chi connectivity index (χ0v) is 10.9. The van der Waals surface area contributed by atoms with Gasteiger partial charge < -0.3 is 15.4 Å². The van der Waals surface area contributed by atoms with Gasteiger partial charge in [0.05, 0.1) is 19.3 Å². The number of amides is 1. The summed E-state index contributed by atoms with van der Waals surface area (Å²) >= 11 is 3.35. The standard InChI is InChI=1S/C11H15BrN2O2/c1-3-13-7-11(15)14-9-6-8(12)4-5-10(9)16-2/h4-6,13H,3,7H2,1-2H3,(H,14,15). The van der Waals surface area contributed by atoms with Crippen LogP contribution in [0.3, 0.4) is 0 Å². The Kier molecular flexibility index (Phi) is 5.28. The summed E-state index contributed by atoms with van der Waals surface area (Å²) in [6.45, 7) is 3.02. The van der Waals surface area contributed by atoms with Crippen LogP contribution in [0.25, 0.3) is 0 Å². The molecular weight excluding hydrogens is 272 g/mol. The van der Waals surface area contributed by atoms with Crippen molar-refractivity contribution in [2.24, 2.45) is 0 Å². The fourth-order valence-electron chi connectivity index (χ4n) is 1.21. The van der Waals surface area contributed by atoms with Gasteiger partial charge in [-0.2, -0.15) is 0 Å². The van der Waals surface area contributed by atoms with Crippen LogP contribution in [0.5, 0.6) is 5.75 Å². The average molecular weight is 287 g/mol. The highest BCUT2D eigenvalue weighted by atomic mass is 79.9. The highest BCUT2D eigenvalue weighted by Gasteiger charge is 2.07. The third kappa shape index (κ3) is 3.83. The number of likely N-dealkylation sites (N-methyl/N-ethyl adjacent to an activating group) is 1. The molecule has 0 aromatic heterocycles. The molecular formula is C11H15BrN2O2. The van der Waals surface area contributed by atoms with Crippen LogP contribution in [0.1, 0.15) is 6.92 Å². The third-order valence-electron chi connectivity index (χ3n) is 1.97. The van der Waals surface area contributed by atoms with Crippen molar-refractivity contribution in [1.29, 1.82) is 0 Å². The molecule has 1 aromatic rings. The van der Waals surface area contributed by atoms with Crippen molar-refractivity contribution in [3.63, 3.8) is 0 Å². The zero-order valence-electron chi connectivity index (χ0n) is 9.34. The summed E-state index contributed by atoms with van der Waals surface area (Å²) in [7, 11) is 1.57. The van der Waals surface area contributed by atoms with Gasteiger partial charge in [0.15, 0.2) is 0 Å². The first-order chi connectivity index (χ1) is 7.67. The normalized spacial score (nSPS) is 9.94. The largest absolute Gasteiger partial charge is 0.495 e. The second-order valence-corrected chi connectivity index (χ2v) is 4.09. The number of carbonyl (C=O) groups excluding carboxylic acids is 1. The topological polar surface area (TPSA) is 50.4 Å². The van der Waals surface area contributed by atoms with Gasteiger partial charge >= 0.3 is 0 Å². The van der Waals surface area contributed by atoms with Gasteiger partial charge in [0.25, 0.3) is 0 Å². The van der Waals surface area contributed by atoms with Crippen molar-refractivity contribution in [1.82, 2.24) is 5.32 Å². The summed E-state index contributed by atoms with van der Waals surface area (Å²) in [5.74, 6) is 0.561. The lowest BCUT2D eigenvalue weighted by atomic mass is 10.3. The highest BCUT2D eigenvalue weighted by Crippen LogP contribution is 2.27. The first kappa shape index (κ1) is 13.0. The van der Waals surface area contributed by atoms with Gasteiger partial charge in [-0.1, -0.05) is 22.9 Å². The molecule has 1 rings (SSSR count). The molecule has 0 radical (unpaired) electrons. The second kappa shape index (κ2) is 6.50. The molecule has 0 fully saturated rings. The lowest BCUT2D eigenvalue weighted by Gasteiger charge is -2.10. The maximum atomic E-state index is 11.5. The number of methoxy groups -OCH3 is 1. The van der Waals surface area contributed by atoms with Gasteiger partial charge in [-0.25, -0.2) is 0 Å². The summed E-state index contributed by atoms with van der Waals surface area (Å²) in [6, 6.07) is 5.47. The Morgan fingerprint density at radius 1 is 1.50 bits per heavy atom. The minimum Gasteiger partial charge on any atom is -0.495 e. The van der Waals surface area contributed by atoms with E-state index in [0.717, 1.165) is 11.0 Å². The third-order valence-corrected chi connectivity index (χ3v) is 2.46. The zero-order chi connectivity index (χ0) is 12.0. The number of nitrogens with one attached hydrogen (secondary N) is 2. The van der Waals surface area contributed by atoms with Crippen LogP contribution in [-0.4, -0.2) is 26.1 Å². The van der Waals surface area contributed by atoms with Gasteiger partial charge in [-0.3, -0.25) is 4.79 Å². The summed E-state index contributed by atoms with van der Waals surface area (Å²) in [4.78, 5) is 11.5. The van der Waals surface area contributed by atoms with E-state index < -0.39 is 0 Å². The van der Waals surface area contributed by atoms with Gasteiger partial charge in [-0.15, -0.1) is 0 Å². The number of benzene rings is 1. The molecule has 0 atom stereocenters. The number of ether oxygens (including phenoxy) is 1. The van der Waals surface area contributed by atoms with Gasteiger partial charge in [0, 0.05) is 4.47 Å². The Morgan fingerprint density at radius 2 is 2.25 bits per heavy atom. The number of anilines is 1. The van der Waals surface area contributed by atoms with Crippen LogP contribution in [0.2, 0.25) is 0 Å². The van der Waals surface area contributed by atoms with Crippen LogP contribution < -0.4 is 15.4 Å². The van der Waals surface area contributed by atoms with Crippen molar-refractivity contribution >= 4 is 27.5 Å². The molecule has 88 valence electrons. The quantitative estimate of drug-likeness (QED) is 0.871. The van der Waals surface area contributed by atoms with Crippen molar-refractivity contribution in [3.05, 3.63) is 22.7 Å². The van der Waals surface area contributed by atoms with Crippen LogP contribution in [0, 0.1) is 0 Å². The molecule has 1 amide bonds. The smallest absolute Gasteiger partial charge is 0.238 e.